The Hall–Kier alpha value is -0.760. The maximum atomic E-state index is 5.71. The third kappa shape index (κ3) is 2.49. The Kier molecular flexibility index (Phi) is 4.16. The molecule has 0 saturated heterocycles. The minimum absolute atomic E-state index is 0.101. The molecule has 3 N–H and O–H groups in total. The predicted octanol–water partition coefficient (Wildman–Crippen LogP) is 2.54. The van der Waals surface area contributed by atoms with Crippen LogP contribution in [0.15, 0.2) is 16.9 Å². The van der Waals surface area contributed by atoms with Crippen LogP contribution in [0, 0.1) is 6.92 Å². The van der Waals surface area contributed by atoms with Crippen molar-refractivity contribution < 1.29 is 0 Å². The second-order valence-electron chi connectivity index (χ2n) is 4.30. The second-order valence-corrected chi connectivity index (χ2v) is 6.42. The lowest BCUT2D eigenvalue weighted by atomic mass is 10.2. The van der Waals surface area contributed by atoms with Crippen LogP contribution >= 0.6 is 27.3 Å². The van der Waals surface area contributed by atoms with E-state index in [0.29, 0.717) is 0 Å². The maximum absolute atomic E-state index is 5.71. The third-order valence-corrected chi connectivity index (χ3v) is 4.23. The molecule has 5 nitrogen and oxygen atoms in total. The summed E-state index contributed by atoms with van der Waals surface area (Å²) in [5, 5.41) is 5.40. The highest BCUT2D eigenvalue weighted by molar-refractivity contribution is 9.10. The van der Waals surface area contributed by atoms with E-state index in [0.717, 1.165) is 20.1 Å². The molecule has 2 aromatic heterocycles. The van der Waals surface area contributed by atoms with E-state index in [9.17, 15) is 0 Å². The summed E-state index contributed by atoms with van der Waals surface area (Å²) in [7, 11) is 0. The predicted molar refractivity (Wildman–Crippen MR) is 76.3 cm³/mol. The number of nitrogens with one attached hydrogen (secondary N) is 1. The van der Waals surface area contributed by atoms with Gasteiger partial charge in [-0.1, -0.05) is 0 Å². The summed E-state index contributed by atoms with van der Waals surface area (Å²) in [6.07, 6.45) is 3.65. The fourth-order valence-electron chi connectivity index (χ4n) is 1.84. The molecule has 2 rings (SSSR count). The number of hydrazine groups is 1. The van der Waals surface area contributed by atoms with Crippen LogP contribution in [0.2, 0.25) is 0 Å². The van der Waals surface area contributed by atoms with Crippen molar-refractivity contribution in [3.63, 3.8) is 0 Å². The fraction of sp³-hybridized carbons (Fsp3) is 0.455. The lowest BCUT2D eigenvalue weighted by Crippen LogP contribution is -2.30. The number of nitrogens with zero attached hydrogens (tertiary/aromatic N) is 3. The van der Waals surface area contributed by atoms with Crippen molar-refractivity contribution in [2.24, 2.45) is 5.84 Å². The first-order chi connectivity index (χ1) is 8.54. The molecule has 2 heterocycles. The molecule has 0 radical (unpaired) electrons. The molecule has 0 amide bonds. The quantitative estimate of drug-likeness (QED) is 0.668. The number of nitrogens with two attached hydrogens (primary N) is 1. The summed E-state index contributed by atoms with van der Waals surface area (Å²) < 4.78 is 2.91. The first kappa shape index (κ1) is 13.7. The SMILES string of the molecule is Cc1ncc(C(NN)c2c(Br)cnn2C(C)C)s1. The second kappa shape index (κ2) is 5.48. The lowest BCUT2D eigenvalue weighted by Gasteiger charge is -2.19. The van der Waals surface area contributed by atoms with E-state index in [1.165, 1.54) is 0 Å². The first-order valence-corrected chi connectivity index (χ1v) is 7.27. The minimum Gasteiger partial charge on any atom is -0.270 e. The van der Waals surface area contributed by atoms with Gasteiger partial charge < -0.3 is 0 Å². The Morgan fingerprint density at radius 2 is 2.17 bits per heavy atom. The molecule has 2 aromatic rings. The molecule has 7 heteroatoms. The molecule has 0 aliphatic heterocycles. The summed E-state index contributed by atoms with van der Waals surface area (Å²) in [6.45, 7) is 6.17. The standard InChI is InChI=1S/C11H16BrN5S/c1-6(2)17-11(8(12)4-15-17)10(16-13)9-5-14-7(3)18-9/h4-6,10,16H,13H2,1-3H3. The normalized spacial score (nSPS) is 13.2. The number of rotatable bonds is 4. The summed E-state index contributed by atoms with van der Waals surface area (Å²) in [5.41, 5.74) is 3.87. The molecule has 0 bridgehead atoms. The fourth-order valence-corrected chi connectivity index (χ4v) is 3.19. The largest absolute Gasteiger partial charge is 0.270 e. The van der Waals surface area contributed by atoms with Crippen molar-refractivity contribution in [2.45, 2.75) is 32.9 Å². The number of aryl methyl sites for hydroxylation is 1. The summed E-state index contributed by atoms with van der Waals surface area (Å²) >= 11 is 5.17. The van der Waals surface area contributed by atoms with Gasteiger partial charge in [0.15, 0.2) is 0 Å². The van der Waals surface area contributed by atoms with Crippen molar-refractivity contribution in [3.05, 3.63) is 32.4 Å². The van der Waals surface area contributed by atoms with Gasteiger partial charge in [-0.15, -0.1) is 11.3 Å². The van der Waals surface area contributed by atoms with Gasteiger partial charge in [-0.2, -0.15) is 5.10 Å². The average molecular weight is 330 g/mol. The molecule has 0 saturated carbocycles. The maximum Gasteiger partial charge on any atom is 0.0997 e. The monoisotopic (exact) mass is 329 g/mol. The molecule has 98 valence electrons. The van der Waals surface area contributed by atoms with Crippen molar-refractivity contribution in [1.29, 1.82) is 0 Å². The number of hydrogen-bond acceptors (Lipinski definition) is 5. The molecule has 0 aliphatic rings. The van der Waals surface area contributed by atoms with Crippen molar-refractivity contribution in [2.75, 3.05) is 0 Å². The zero-order valence-corrected chi connectivity index (χ0v) is 12.9. The number of halogens is 1. The zero-order valence-electron chi connectivity index (χ0n) is 10.5. The Morgan fingerprint density at radius 3 is 2.67 bits per heavy atom. The average Bonchev–Trinajstić information content (AvgIpc) is 2.88. The van der Waals surface area contributed by atoms with E-state index >= 15 is 0 Å². The van der Waals surface area contributed by atoms with E-state index < -0.39 is 0 Å². The smallest absolute Gasteiger partial charge is 0.0997 e. The highest BCUT2D eigenvalue weighted by atomic mass is 79.9. The molecule has 0 fully saturated rings. The lowest BCUT2D eigenvalue weighted by molar-refractivity contribution is 0.477. The van der Waals surface area contributed by atoms with Gasteiger partial charge in [0, 0.05) is 17.1 Å². The van der Waals surface area contributed by atoms with Gasteiger partial charge in [-0.25, -0.2) is 10.4 Å². The van der Waals surface area contributed by atoms with Crippen LogP contribution in [-0.2, 0) is 0 Å². The Balaban J connectivity index is 2.47. The first-order valence-electron chi connectivity index (χ1n) is 5.66. The summed E-state index contributed by atoms with van der Waals surface area (Å²) in [4.78, 5) is 5.36. The van der Waals surface area contributed by atoms with Crippen LogP contribution in [0.5, 0.6) is 0 Å². The van der Waals surface area contributed by atoms with Crippen LogP contribution in [0.4, 0.5) is 0 Å². The van der Waals surface area contributed by atoms with Gasteiger partial charge in [-0.3, -0.25) is 10.5 Å². The van der Waals surface area contributed by atoms with Crippen LogP contribution in [0.25, 0.3) is 0 Å². The molecule has 18 heavy (non-hydrogen) atoms. The molecular formula is C11H16BrN5S. The van der Waals surface area contributed by atoms with Gasteiger partial charge >= 0.3 is 0 Å². The van der Waals surface area contributed by atoms with Crippen molar-refractivity contribution >= 4 is 27.3 Å². The van der Waals surface area contributed by atoms with Crippen LogP contribution in [-0.4, -0.2) is 14.8 Å². The third-order valence-electron chi connectivity index (χ3n) is 2.64. The highest BCUT2D eigenvalue weighted by Gasteiger charge is 2.23. The van der Waals surface area contributed by atoms with E-state index in [1.807, 2.05) is 17.8 Å². The Labute approximate surface area is 119 Å². The van der Waals surface area contributed by atoms with Crippen LogP contribution in [0.1, 0.15) is 41.5 Å². The van der Waals surface area contributed by atoms with E-state index in [4.69, 9.17) is 5.84 Å². The van der Waals surface area contributed by atoms with Gasteiger partial charge in [0.25, 0.3) is 0 Å². The van der Waals surface area contributed by atoms with Gasteiger partial charge in [-0.05, 0) is 36.7 Å². The highest BCUT2D eigenvalue weighted by Crippen LogP contribution is 2.32. The van der Waals surface area contributed by atoms with E-state index in [1.54, 1.807) is 17.5 Å². The summed E-state index contributed by atoms with van der Waals surface area (Å²) in [5.74, 6) is 5.71. The van der Waals surface area contributed by atoms with E-state index in [2.05, 4.69) is 45.3 Å². The number of hydrogen-bond donors (Lipinski definition) is 2. The molecule has 1 atom stereocenters. The molecular weight excluding hydrogens is 314 g/mol. The topological polar surface area (TPSA) is 68.8 Å². The Morgan fingerprint density at radius 1 is 1.44 bits per heavy atom. The van der Waals surface area contributed by atoms with Crippen LogP contribution in [0.3, 0.4) is 0 Å². The van der Waals surface area contributed by atoms with Gasteiger partial charge in [0.1, 0.15) is 0 Å². The van der Waals surface area contributed by atoms with Crippen molar-refractivity contribution in [3.8, 4) is 0 Å². The van der Waals surface area contributed by atoms with Gasteiger partial charge in [0.05, 0.1) is 27.4 Å². The summed E-state index contributed by atoms with van der Waals surface area (Å²) in [6, 6.07) is 0.173. The van der Waals surface area contributed by atoms with Gasteiger partial charge in [0.2, 0.25) is 0 Å². The molecule has 0 aliphatic carbocycles. The van der Waals surface area contributed by atoms with E-state index in [-0.39, 0.29) is 12.1 Å². The molecule has 0 aromatic carbocycles. The number of aromatic nitrogens is 3. The Bertz CT molecular complexity index is 533. The number of thiazole rings is 1. The van der Waals surface area contributed by atoms with Crippen molar-refractivity contribution in [1.82, 2.24) is 20.2 Å². The van der Waals surface area contributed by atoms with Crippen LogP contribution < -0.4 is 11.3 Å². The minimum atomic E-state index is -0.101. The zero-order chi connectivity index (χ0) is 13.3. The molecule has 1 unspecified atom stereocenters. The molecule has 0 spiro atoms.